The molecule has 0 spiro atoms. The van der Waals surface area contributed by atoms with Crippen LogP contribution in [0.5, 0.6) is 0 Å². The van der Waals surface area contributed by atoms with Crippen molar-refractivity contribution in [3.8, 4) is 0 Å². The number of urea groups is 1. The van der Waals surface area contributed by atoms with Gasteiger partial charge < -0.3 is 26.7 Å². The topological polar surface area (TPSA) is 208 Å². The van der Waals surface area contributed by atoms with E-state index in [-0.39, 0.29) is 46.9 Å². The summed E-state index contributed by atoms with van der Waals surface area (Å²) in [5.41, 5.74) is 10.5. The van der Waals surface area contributed by atoms with Crippen LogP contribution in [0.15, 0.2) is 52.6 Å². The number of aromatic nitrogens is 2. The minimum atomic E-state index is -1.48. The van der Waals surface area contributed by atoms with Gasteiger partial charge in [-0.2, -0.15) is 0 Å². The Balaban J connectivity index is 0.00000361. The van der Waals surface area contributed by atoms with E-state index in [1.807, 2.05) is 0 Å². The largest absolute Gasteiger partial charge is 1.00 e. The number of rotatable bonds is 6. The fourth-order valence-electron chi connectivity index (χ4n) is 4.01. The average Bonchev–Trinajstić information content (AvgIpc) is 2.81. The normalized spacial score (nSPS) is 19.4. The van der Waals surface area contributed by atoms with E-state index >= 15 is 0 Å². The van der Waals surface area contributed by atoms with Crippen molar-refractivity contribution in [3.63, 3.8) is 0 Å². The van der Waals surface area contributed by atoms with E-state index in [1.54, 1.807) is 37.3 Å². The van der Waals surface area contributed by atoms with Crippen LogP contribution in [-0.4, -0.2) is 55.9 Å². The van der Waals surface area contributed by atoms with Gasteiger partial charge >= 0.3 is 35.6 Å². The third-order valence-corrected chi connectivity index (χ3v) is 6.99. The molecular weight excluding hydrogens is 501 g/mol. The van der Waals surface area contributed by atoms with Gasteiger partial charge in [0.15, 0.2) is 5.95 Å². The molecule has 6 N–H and O–H groups in total. The van der Waals surface area contributed by atoms with Crippen molar-refractivity contribution < 1.29 is 53.8 Å². The molecule has 1 fully saturated rings. The Morgan fingerprint density at radius 3 is 2.53 bits per heavy atom. The van der Waals surface area contributed by atoms with Gasteiger partial charge in [-0.25, -0.2) is 9.78 Å². The minimum Gasteiger partial charge on any atom is -0.543 e. The number of H-pyrrole nitrogens is 1. The number of fused-ring (bicyclic) bond motifs is 1. The van der Waals surface area contributed by atoms with Crippen molar-refractivity contribution >= 4 is 47.2 Å². The van der Waals surface area contributed by atoms with Gasteiger partial charge in [-0.15, -0.1) is 11.8 Å². The van der Waals surface area contributed by atoms with E-state index in [0.29, 0.717) is 16.9 Å². The van der Waals surface area contributed by atoms with Crippen molar-refractivity contribution in [2.45, 2.75) is 24.4 Å². The van der Waals surface area contributed by atoms with Crippen molar-refractivity contribution in [1.82, 2.24) is 20.2 Å². The molecule has 3 heterocycles. The van der Waals surface area contributed by atoms with Gasteiger partial charge in [0, 0.05) is 5.75 Å². The second-order valence-electron chi connectivity index (χ2n) is 7.82. The van der Waals surface area contributed by atoms with E-state index in [0.717, 1.165) is 16.0 Å². The summed E-state index contributed by atoms with van der Waals surface area (Å²) in [5, 5.41) is 13.4. The van der Waals surface area contributed by atoms with Crippen molar-refractivity contribution in [3.05, 3.63) is 63.7 Å². The number of aliphatic carboxylic acids is 1. The quantitative estimate of drug-likeness (QED) is 0.213. The maximum atomic E-state index is 13.5. The Labute approximate surface area is 230 Å². The first kappa shape index (κ1) is 27.3. The van der Waals surface area contributed by atoms with Gasteiger partial charge in [-0.1, -0.05) is 30.3 Å². The molecule has 36 heavy (non-hydrogen) atoms. The van der Waals surface area contributed by atoms with Gasteiger partial charge in [0.2, 0.25) is 5.91 Å². The van der Waals surface area contributed by atoms with Crippen LogP contribution in [0.4, 0.5) is 16.4 Å². The SMILES string of the molecule is CC1=C(C(=O)[O-])N2C(=O)C(NC(=O)C(c3ccccc3)N(C(N)=O)c3cnc(N)[nH]c3=O)[C@@H]2SC1.[Na+]. The molecule has 0 saturated carbocycles. The first-order chi connectivity index (χ1) is 16.6. The summed E-state index contributed by atoms with van der Waals surface area (Å²) in [6.45, 7) is 1.59. The molecule has 2 unspecified atom stereocenters. The predicted molar refractivity (Wildman–Crippen MR) is 123 cm³/mol. The smallest absolute Gasteiger partial charge is 0.543 e. The summed E-state index contributed by atoms with van der Waals surface area (Å²) in [7, 11) is 0. The van der Waals surface area contributed by atoms with Gasteiger partial charge in [0.25, 0.3) is 11.5 Å². The molecule has 1 aromatic carbocycles. The number of primary amides is 1. The number of thioether (sulfide) groups is 1. The number of nitrogen functional groups attached to an aromatic ring is 1. The number of amides is 4. The number of nitrogens with two attached hydrogens (primary N) is 2. The number of aromatic amines is 1. The van der Waals surface area contributed by atoms with Crippen LogP contribution in [0.2, 0.25) is 0 Å². The summed E-state index contributed by atoms with van der Waals surface area (Å²) in [6, 6.07) is 4.37. The molecule has 2 aliphatic rings. The average molecular weight is 521 g/mol. The van der Waals surface area contributed by atoms with Crippen LogP contribution >= 0.6 is 11.8 Å². The van der Waals surface area contributed by atoms with Crippen LogP contribution in [-0.2, 0) is 14.4 Å². The minimum absolute atomic E-state index is 0. The number of carbonyl (C=O) groups excluding carboxylic acids is 4. The van der Waals surface area contributed by atoms with E-state index < -0.39 is 46.8 Å². The van der Waals surface area contributed by atoms with Crippen LogP contribution in [0, 0.1) is 0 Å². The summed E-state index contributed by atoms with van der Waals surface area (Å²) in [4.78, 5) is 70.7. The second-order valence-corrected chi connectivity index (χ2v) is 8.92. The molecule has 15 heteroatoms. The maximum absolute atomic E-state index is 13.5. The fraction of sp³-hybridized carbons (Fsp3) is 0.238. The predicted octanol–water partition coefficient (Wildman–Crippen LogP) is -4.59. The number of nitrogens with zero attached hydrogens (tertiary/aromatic N) is 3. The van der Waals surface area contributed by atoms with Crippen molar-refractivity contribution in [2.75, 3.05) is 16.4 Å². The zero-order valence-corrected chi connectivity index (χ0v) is 22.1. The van der Waals surface area contributed by atoms with Crippen LogP contribution < -0.4 is 61.9 Å². The third-order valence-electron chi connectivity index (χ3n) is 5.57. The standard InChI is InChI=1S/C21H21N7O6S.Na/c1-9-8-35-18-12(17(31)28(18)13(9)19(32)33)25-16(30)14(10-5-3-2-4-6-10)27(21(23)34)11-7-24-20(22)26-15(11)29;/h2-7,12,14,18H,8H2,1H3,(H2,23,34)(H,25,30)(H,32,33)(H3,22,24,26,29);/q;+1/p-1/t12?,14?,18-;/m0./s1. The summed E-state index contributed by atoms with van der Waals surface area (Å²) in [6.07, 6.45) is 1.01. The van der Waals surface area contributed by atoms with E-state index in [9.17, 15) is 29.1 Å². The number of hydrogen-bond acceptors (Lipinski definition) is 9. The monoisotopic (exact) mass is 521 g/mol. The Hall–Kier alpha value is -3.33. The number of β-lactam (4-membered cyclic amide) rings is 1. The number of carboxylic acid groups (broad SMARTS) is 1. The number of hydrogen-bond donors (Lipinski definition) is 4. The number of nitrogens with one attached hydrogen (secondary N) is 2. The zero-order chi connectivity index (χ0) is 25.4. The van der Waals surface area contributed by atoms with Gasteiger partial charge in [-0.3, -0.25) is 29.2 Å². The number of anilines is 2. The molecule has 182 valence electrons. The zero-order valence-electron chi connectivity index (χ0n) is 19.3. The van der Waals surface area contributed by atoms with Crippen LogP contribution in [0.1, 0.15) is 18.5 Å². The molecule has 4 amide bonds. The Kier molecular flexibility index (Phi) is 8.13. The molecular formula is C21H20N7NaO6S. The second kappa shape index (κ2) is 10.7. The van der Waals surface area contributed by atoms with E-state index in [4.69, 9.17) is 11.5 Å². The summed E-state index contributed by atoms with van der Waals surface area (Å²) >= 11 is 1.28. The van der Waals surface area contributed by atoms with E-state index in [2.05, 4.69) is 15.3 Å². The molecule has 4 rings (SSSR count). The molecule has 1 aromatic heterocycles. The Bertz CT molecular complexity index is 1320. The van der Waals surface area contributed by atoms with Gasteiger partial charge in [-0.05, 0) is 18.1 Å². The Morgan fingerprint density at radius 1 is 1.28 bits per heavy atom. The molecule has 1 saturated heterocycles. The third kappa shape index (κ3) is 4.84. The number of carbonyl (C=O) groups is 4. The fourth-order valence-corrected chi connectivity index (χ4v) is 5.30. The first-order valence-electron chi connectivity index (χ1n) is 10.3. The van der Waals surface area contributed by atoms with Crippen LogP contribution in [0.3, 0.4) is 0 Å². The molecule has 2 aliphatic heterocycles. The summed E-state index contributed by atoms with van der Waals surface area (Å²) < 4.78 is 0. The van der Waals surface area contributed by atoms with Crippen molar-refractivity contribution in [2.24, 2.45) is 5.73 Å². The molecule has 3 atom stereocenters. The first-order valence-corrected chi connectivity index (χ1v) is 11.3. The number of benzene rings is 1. The molecule has 0 aliphatic carbocycles. The Morgan fingerprint density at radius 2 is 1.94 bits per heavy atom. The van der Waals surface area contributed by atoms with E-state index in [1.165, 1.54) is 11.8 Å². The molecule has 0 bridgehead atoms. The van der Waals surface area contributed by atoms with Crippen molar-refractivity contribution in [1.29, 1.82) is 0 Å². The van der Waals surface area contributed by atoms with Gasteiger partial charge in [0.05, 0.1) is 17.9 Å². The van der Waals surface area contributed by atoms with Gasteiger partial charge in [0.1, 0.15) is 23.1 Å². The molecule has 13 nitrogen and oxygen atoms in total. The molecule has 2 aromatic rings. The summed E-state index contributed by atoms with van der Waals surface area (Å²) in [5.74, 6) is -2.82. The molecule has 0 radical (unpaired) electrons. The number of carboxylic acids is 1. The van der Waals surface area contributed by atoms with Crippen LogP contribution in [0.25, 0.3) is 0 Å². The maximum Gasteiger partial charge on any atom is 1.00 e.